The number of anilines is 1. The molecule has 0 aromatic carbocycles. The van der Waals surface area contributed by atoms with E-state index in [9.17, 15) is 0 Å². The molecular weight excluding hydrogens is 254 g/mol. The summed E-state index contributed by atoms with van der Waals surface area (Å²) in [7, 11) is 0. The van der Waals surface area contributed by atoms with E-state index in [2.05, 4.69) is 55.5 Å². The van der Waals surface area contributed by atoms with Crippen LogP contribution in [0.2, 0.25) is 0 Å². The third kappa shape index (κ3) is 3.32. The number of thiophene rings is 1. The van der Waals surface area contributed by atoms with Crippen LogP contribution in [0.25, 0.3) is 11.3 Å². The number of hydrogen-bond donors (Lipinski definition) is 1. The molecule has 0 bridgehead atoms. The van der Waals surface area contributed by atoms with Gasteiger partial charge in [0.1, 0.15) is 11.6 Å². The molecule has 4 heteroatoms. The molecule has 0 saturated heterocycles. The van der Waals surface area contributed by atoms with Crippen LogP contribution in [0, 0.1) is 6.92 Å². The second-order valence-corrected chi connectivity index (χ2v) is 6.09. The lowest BCUT2D eigenvalue weighted by molar-refractivity contribution is 0.775. The molecular formula is C15H21N3S. The van der Waals surface area contributed by atoms with Crippen molar-refractivity contribution in [2.75, 3.05) is 11.9 Å². The summed E-state index contributed by atoms with van der Waals surface area (Å²) in [6.45, 7) is 9.49. The Morgan fingerprint density at radius 2 is 2.11 bits per heavy atom. The Labute approximate surface area is 119 Å². The van der Waals surface area contributed by atoms with Gasteiger partial charge in [-0.3, -0.25) is 0 Å². The van der Waals surface area contributed by atoms with Gasteiger partial charge in [-0.25, -0.2) is 9.97 Å². The largest absolute Gasteiger partial charge is 0.370 e. The van der Waals surface area contributed by atoms with Crippen LogP contribution in [0.4, 0.5) is 5.82 Å². The van der Waals surface area contributed by atoms with Crippen molar-refractivity contribution in [3.63, 3.8) is 0 Å². The van der Waals surface area contributed by atoms with E-state index in [1.54, 1.807) is 11.3 Å². The minimum absolute atomic E-state index is 0.334. The highest BCUT2D eigenvalue weighted by Crippen LogP contribution is 2.28. The summed E-state index contributed by atoms with van der Waals surface area (Å²) in [6.07, 6.45) is 1.09. The van der Waals surface area contributed by atoms with Crippen LogP contribution in [0.1, 0.15) is 43.8 Å². The molecule has 0 aliphatic heterocycles. The number of aromatic nitrogens is 2. The molecule has 19 heavy (non-hydrogen) atoms. The Bertz CT molecular complexity index is 546. The monoisotopic (exact) mass is 275 g/mol. The van der Waals surface area contributed by atoms with Crippen LogP contribution in [0.15, 0.2) is 17.5 Å². The van der Waals surface area contributed by atoms with Crippen LogP contribution >= 0.6 is 11.3 Å². The Morgan fingerprint density at radius 3 is 2.68 bits per heavy atom. The van der Waals surface area contributed by atoms with Crippen LogP contribution < -0.4 is 5.32 Å². The van der Waals surface area contributed by atoms with E-state index in [1.807, 2.05) is 0 Å². The molecule has 0 amide bonds. The fourth-order valence-corrected chi connectivity index (χ4v) is 2.56. The molecule has 2 heterocycles. The minimum Gasteiger partial charge on any atom is -0.370 e. The van der Waals surface area contributed by atoms with Crippen molar-refractivity contribution in [3.05, 3.63) is 28.2 Å². The van der Waals surface area contributed by atoms with E-state index in [4.69, 9.17) is 4.98 Å². The second kappa shape index (κ2) is 6.15. The van der Waals surface area contributed by atoms with E-state index in [0.717, 1.165) is 30.3 Å². The van der Waals surface area contributed by atoms with Gasteiger partial charge in [-0.2, -0.15) is 0 Å². The fourth-order valence-electron chi connectivity index (χ4n) is 1.86. The van der Waals surface area contributed by atoms with Gasteiger partial charge in [0.05, 0.1) is 5.69 Å². The van der Waals surface area contributed by atoms with Gasteiger partial charge >= 0.3 is 0 Å². The molecule has 0 fully saturated rings. The maximum absolute atomic E-state index is 4.70. The summed E-state index contributed by atoms with van der Waals surface area (Å²) in [5.74, 6) is 2.17. The summed E-state index contributed by atoms with van der Waals surface area (Å²) >= 11 is 1.76. The third-order valence-corrected chi connectivity index (χ3v) is 3.80. The zero-order chi connectivity index (χ0) is 13.8. The van der Waals surface area contributed by atoms with E-state index in [-0.39, 0.29) is 0 Å². The molecule has 3 nitrogen and oxygen atoms in total. The predicted octanol–water partition coefficient (Wildman–Crippen LogP) is 4.46. The normalized spacial score (nSPS) is 11.0. The van der Waals surface area contributed by atoms with Crippen molar-refractivity contribution in [2.24, 2.45) is 0 Å². The van der Waals surface area contributed by atoms with Gasteiger partial charge in [-0.15, -0.1) is 11.3 Å². The first-order valence-electron chi connectivity index (χ1n) is 6.79. The van der Waals surface area contributed by atoms with Crippen LogP contribution in [-0.2, 0) is 0 Å². The lowest BCUT2D eigenvalue weighted by Gasteiger charge is -2.11. The van der Waals surface area contributed by atoms with Crippen LogP contribution in [0.5, 0.6) is 0 Å². The van der Waals surface area contributed by atoms with Gasteiger partial charge in [-0.1, -0.05) is 20.8 Å². The molecule has 0 radical (unpaired) electrons. The molecule has 0 aliphatic rings. The zero-order valence-corrected chi connectivity index (χ0v) is 12.8. The summed E-state index contributed by atoms with van der Waals surface area (Å²) in [6, 6.07) is 4.19. The lowest BCUT2D eigenvalue weighted by atomic mass is 10.1. The molecule has 2 rings (SSSR count). The Kier molecular flexibility index (Phi) is 4.53. The topological polar surface area (TPSA) is 37.8 Å². The van der Waals surface area contributed by atoms with Crippen molar-refractivity contribution in [1.82, 2.24) is 9.97 Å². The fraction of sp³-hybridized carbons (Fsp3) is 0.467. The van der Waals surface area contributed by atoms with E-state index in [0.29, 0.717) is 5.92 Å². The number of nitrogens with zero attached hydrogens (tertiary/aromatic N) is 2. The van der Waals surface area contributed by atoms with Crippen molar-refractivity contribution in [1.29, 1.82) is 0 Å². The van der Waals surface area contributed by atoms with Gasteiger partial charge in [-0.05, 0) is 24.8 Å². The number of rotatable bonds is 5. The SMILES string of the molecule is CCCNc1cc(-c2ccsc2C)nc(C(C)C)n1. The van der Waals surface area contributed by atoms with E-state index >= 15 is 0 Å². The number of aryl methyl sites for hydroxylation is 1. The van der Waals surface area contributed by atoms with Crippen LogP contribution in [-0.4, -0.2) is 16.5 Å². The van der Waals surface area contributed by atoms with Gasteiger partial charge in [0.25, 0.3) is 0 Å². The zero-order valence-electron chi connectivity index (χ0n) is 12.0. The maximum Gasteiger partial charge on any atom is 0.133 e. The lowest BCUT2D eigenvalue weighted by Crippen LogP contribution is -2.07. The molecule has 0 spiro atoms. The van der Waals surface area contributed by atoms with Crippen molar-refractivity contribution in [3.8, 4) is 11.3 Å². The number of nitrogens with one attached hydrogen (secondary N) is 1. The highest BCUT2D eigenvalue weighted by atomic mass is 32.1. The highest BCUT2D eigenvalue weighted by molar-refractivity contribution is 7.10. The average molecular weight is 275 g/mol. The highest BCUT2D eigenvalue weighted by Gasteiger charge is 2.11. The van der Waals surface area contributed by atoms with E-state index in [1.165, 1.54) is 10.4 Å². The van der Waals surface area contributed by atoms with Gasteiger partial charge < -0.3 is 5.32 Å². The molecule has 2 aromatic heterocycles. The quantitative estimate of drug-likeness (QED) is 0.875. The third-order valence-electron chi connectivity index (χ3n) is 2.95. The Morgan fingerprint density at radius 1 is 1.32 bits per heavy atom. The summed E-state index contributed by atoms with van der Waals surface area (Å²) < 4.78 is 0. The minimum atomic E-state index is 0.334. The summed E-state index contributed by atoms with van der Waals surface area (Å²) in [5, 5.41) is 5.48. The standard InChI is InChI=1S/C15H21N3S/c1-5-7-16-14-9-13(12-6-8-19-11(12)4)17-15(18-14)10(2)3/h6,8-10H,5,7H2,1-4H3,(H,16,17,18). The van der Waals surface area contributed by atoms with Gasteiger partial charge in [0, 0.05) is 29.0 Å². The Hall–Kier alpha value is -1.42. The molecule has 0 atom stereocenters. The van der Waals surface area contributed by atoms with Crippen molar-refractivity contribution >= 4 is 17.2 Å². The maximum atomic E-state index is 4.70. The second-order valence-electron chi connectivity index (χ2n) is 4.97. The molecule has 2 aromatic rings. The van der Waals surface area contributed by atoms with Crippen molar-refractivity contribution < 1.29 is 0 Å². The molecule has 0 saturated carbocycles. The van der Waals surface area contributed by atoms with Gasteiger partial charge in [0.2, 0.25) is 0 Å². The first-order chi connectivity index (χ1) is 9.11. The molecule has 1 N–H and O–H groups in total. The number of hydrogen-bond acceptors (Lipinski definition) is 4. The molecule has 0 aliphatic carbocycles. The van der Waals surface area contributed by atoms with Crippen molar-refractivity contribution in [2.45, 2.75) is 40.0 Å². The molecule has 0 unspecified atom stereocenters. The first kappa shape index (κ1) is 14.0. The first-order valence-corrected chi connectivity index (χ1v) is 7.67. The van der Waals surface area contributed by atoms with E-state index < -0.39 is 0 Å². The summed E-state index contributed by atoms with van der Waals surface area (Å²) in [4.78, 5) is 10.6. The molecule has 102 valence electrons. The van der Waals surface area contributed by atoms with Crippen LogP contribution in [0.3, 0.4) is 0 Å². The summed E-state index contributed by atoms with van der Waals surface area (Å²) in [5.41, 5.74) is 2.24. The average Bonchev–Trinajstić information content (AvgIpc) is 2.82. The predicted molar refractivity (Wildman–Crippen MR) is 83.0 cm³/mol. The smallest absolute Gasteiger partial charge is 0.133 e. The Balaban J connectivity index is 2.42. The van der Waals surface area contributed by atoms with Gasteiger partial charge in [0.15, 0.2) is 0 Å².